The Bertz CT molecular complexity index is 862. The van der Waals surface area contributed by atoms with Gasteiger partial charge in [-0.1, -0.05) is 0 Å². The van der Waals surface area contributed by atoms with Crippen LogP contribution in [0.1, 0.15) is 30.6 Å². The van der Waals surface area contributed by atoms with Crippen LogP contribution in [0.2, 0.25) is 0 Å². The molecule has 3 fully saturated rings. The number of hydrogen-bond donors (Lipinski definition) is 0. The van der Waals surface area contributed by atoms with Crippen LogP contribution in [0, 0.1) is 5.41 Å². The fraction of sp³-hybridized carbons (Fsp3) is 0.700. The third-order valence-electron chi connectivity index (χ3n) is 6.65. The SMILES string of the molecule is FC(F)(F)Cc1cc2c(N3CC4(CCN(C5CCSCC5)CC4)C3)ncnc2s1. The largest absolute Gasteiger partial charge is 0.393 e. The quantitative estimate of drug-likeness (QED) is 0.694. The lowest BCUT2D eigenvalue weighted by Gasteiger charge is -2.55. The lowest BCUT2D eigenvalue weighted by atomic mass is 9.71. The van der Waals surface area contributed by atoms with Crippen LogP contribution in [0.4, 0.5) is 19.0 Å². The lowest BCUT2D eigenvalue weighted by Crippen LogP contribution is -2.61. The summed E-state index contributed by atoms with van der Waals surface area (Å²) in [5.74, 6) is 3.39. The highest BCUT2D eigenvalue weighted by Gasteiger charge is 2.46. The van der Waals surface area contributed by atoms with Crippen molar-refractivity contribution >= 4 is 39.1 Å². The number of piperidine rings is 1. The van der Waals surface area contributed by atoms with Gasteiger partial charge in [0.15, 0.2) is 0 Å². The molecule has 0 bridgehead atoms. The van der Waals surface area contributed by atoms with E-state index in [-0.39, 0.29) is 0 Å². The van der Waals surface area contributed by atoms with Crippen LogP contribution in [-0.4, -0.2) is 64.8 Å². The summed E-state index contributed by atoms with van der Waals surface area (Å²) in [7, 11) is 0. The topological polar surface area (TPSA) is 32.3 Å². The molecule has 0 atom stereocenters. The first-order valence-electron chi connectivity index (χ1n) is 10.3. The fourth-order valence-corrected chi connectivity index (χ4v) is 7.18. The number of thioether (sulfide) groups is 1. The number of rotatable bonds is 3. The van der Waals surface area contributed by atoms with Gasteiger partial charge < -0.3 is 9.80 Å². The Labute approximate surface area is 176 Å². The number of alkyl halides is 3. The Kier molecular flexibility index (Phi) is 5.19. The molecule has 9 heteroatoms. The fourth-order valence-electron chi connectivity index (χ4n) is 5.07. The predicted octanol–water partition coefficient (Wildman–Crippen LogP) is 4.59. The van der Waals surface area contributed by atoms with Crippen molar-refractivity contribution in [2.45, 2.75) is 44.3 Å². The molecule has 0 aliphatic carbocycles. The number of nitrogens with zero attached hydrogens (tertiary/aromatic N) is 4. The van der Waals surface area contributed by atoms with Crippen molar-refractivity contribution in [3.63, 3.8) is 0 Å². The molecule has 2 aromatic heterocycles. The summed E-state index contributed by atoms with van der Waals surface area (Å²) in [5, 5.41) is 0.767. The van der Waals surface area contributed by atoms with E-state index in [0.29, 0.717) is 15.1 Å². The Balaban J connectivity index is 1.24. The van der Waals surface area contributed by atoms with Crippen molar-refractivity contribution in [2.75, 3.05) is 42.6 Å². The van der Waals surface area contributed by atoms with Crippen LogP contribution >= 0.6 is 23.1 Å². The standard InChI is InChI=1S/C20H25F3N4S2/c21-20(22,23)10-15-9-16-17(24-13-25-18(16)29-15)27-11-19(12-27)3-5-26(6-4-19)14-1-7-28-8-2-14/h9,13-14H,1-8,10-12H2. The van der Waals surface area contributed by atoms with Gasteiger partial charge in [-0.05, 0) is 56.3 Å². The van der Waals surface area contributed by atoms with Crippen LogP contribution in [-0.2, 0) is 6.42 Å². The second-order valence-electron chi connectivity index (χ2n) is 8.66. The summed E-state index contributed by atoms with van der Waals surface area (Å²) < 4.78 is 38.3. The Hall–Kier alpha value is -1.06. The molecular weight excluding hydrogens is 417 g/mol. The van der Waals surface area contributed by atoms with E-state index < -0.39 is 12.6 Å². The summed E-state index contributed by atoms with van der Waals surface area (Å²) >= 11 is 3.20. The summed E-state index contributed by atoms with van der Waals surface area (Å²) in [4.78, 5) is 14.5. The average molecular weight is 443 g/mol. The van der Waals surface area contributed by atoms with Crippen LogP contribution in [0.15, 0.2) is 12.4 Å². The second-order valence-corrected chi connectivity index (χ2v) is 11.0. The van der Waals surface area contributed by atoms with E-state index in [0.717, 1.165) is 41.7 Å². The van der Waals surface area contributed by atoms with Crippen molar-refractivity contribution in [1.29, 1.82) is 0 Å². The minimum absolute atomic E-state index is 0.309. The second kappa shape index (κ2) is 7.57. The first-order chi connectivity index (χ1) is 13.9. The van der Waals surface area contributed by atoms with Gasteiger partial charge in [-0.2, -0.15) is 24.9 Å². The number of halogens is 3. The molecule has 1 spiro atoms. The molecule has 3 saturated heterocycles. The molecule has 29 heavy (non-hydrogen) atoms. The first kappa shape index (κ1) is 19.9. The smallest absolute Gasteiger partial charge is 0.355 e. The molecule has 3 aliphatic heterocycles. The van der Waals surface area contributed by atoms with Gasteiger partial charge in [-0.15, -0.1) is 11.3 Å². The van der Waals surface area contributed by atoms with Crippen LogP contribution in [0.5, 0.6) is 0 Å². The van der Waals surface area contributed by atoms with E-state index in [2.05, 4.69) is 31.5 Å². The van der Waals surface area contributed by atoms with Crippen LogP contribution in [0.25, 0.3) is 10.2 Å². The van der Waals surface area contributed by atoms with Crippen LogP contribution < -0.4 is 4.90 Å². The Morgan fingerprint density at radius 3 is 2.52 bits per heavy atom. The molecule has 0 amide bonds. The molecule has 2 aromatic rings. The molecule has 5 rings (SSSR count). The minimum Gasteiger partial charge on any atom is -0.355 e. The Morgan fingerprint density at radius 1 is 1.10 bits per heavy atom. The lowest BCUT2D eigenvalue weighted by molar-refractivity contribution is -0.126. The molecule has 0 aromatic carbocycles. The third-order valence-corrected chi connectivity index (χ3v) is 8.74. The van der Waals surface area contributed by atoms with E-state index in [1.54, 1.807) is 6.07 Å². The predicted molar refractivity (Wildman–Crippen MR) is 113 cm³/mol. The van der Waals surface area contributed by atoms with Crippen molar-refractivity contribution in [3.8, 4) is 0 Å². The van der Waals surface area contributed by atoms with Gasteiger partial charge in [0.1, 0.15) is 17.0 Å². The maximum absolute atomic E-state index is 12.8. The van der Waals surface area contributed by atoms with E-state index in [4.69, 9.17) is 0 Å². The van der Waals surface area contributed by atoms with Gasteiger partial charge in [0.2, 0.25) is 0 Å². The van der Waals surface area contributed by atoms with E-state index in [1.807, 2.05) is 0 Å². The highest BCUT2D eigenvalue weighted by Crippen LogP contribution is 2.45. The number of aromatic nitrogens is 2. The van der Waals surface area contributed by atoms with Gasteiger partial charge in [-0.3, -0.25) is 0 Å². The third kappa shape index (κ3) is 4.10. The zero-order valence-electron chi connectivity index (χ0n) is 16.2. The maximum Gasteiger partial charge on any atom is 0.393 e. The highest BCUT2D eigenvalue weighted by atomic mass is 32.2. The van der Waals surface area contributed by atoms with Crippen molar-refractivity contribution in [2.24, 2.45) is 5.41 Å². The summed E-state index contributed by atoms with van der Waals surface area (Å²) in [6, 6.07) is 2.40. The van der Waals surface area contributed by atoms with Gasteiger partial charge in [0, 0.05) is 29.4 Å². The average Bonchev–Trinajstić information content (AvgIpc) is 3.07. The number of fused-ring (bicyclic) bond motifs is 1. The zero-order chi connectivity index (χ0) is 20.1. The number of anilines is 1. The number of hydrogen-bond acceptors (Lipinski definition) is 6. The zero-order valence-corrected chi connectivity index (χ0v) is 17.9. The summed E-state index contributed by atoms with van der Waals surface area (Å²) in [6.45, 7) is 4.27. The molecule has 0 saturated carbocycles. The molecule has 158 valence electrons. The molecule has 3 aliphatic rings. The monoisotopic (exact) mass is 442 g/mol. The molecular formula is C20H25F3N4S2. The van der Waals surface area contributed by atoms with Crippen molar-refractivity contribution in [1.82, 2.24) is 14.9 Å². The van der Waals surface area contributed by atoms with Gasteiger partial charge in [0.05, 0.1) is 11.8 Å². The van der Waals surface area contributed by atoms with E-state index >= 15 is 0 Å². The van der Waals surface area contributed by atoms with Crippen LogP contribution in [0.3, 0.4) is 0 Å². The molecule has 0 radical (unpaired) electrons. The summed E-state index contributed by atoms with van der Waals surface area (Å²) in [5.41, 5.74) is 0.349. The van der Waals surface area contributed by atoms with Gasteiger partial charge in [0.25, 0.3) is 0 Å². The first-order valence-corrected chi connectivity index (χ1v) is 12.2. The highest BCUT2D eigenvalue weighted by molar-refractivity contribution is 7.99. The molecule has 5 heterocycles. The van der Waals surface area contributed by atoms with Gasteiger partial charge in [-0.25, -0.2) is 9.97 Å². The normalized spacial score (nSPS) is 23.6. The molecule has 0 N–H and O–H groups in total. The molecule has 0 unspecified atom stereocenters. The van der Waals surface area contributed by atoms with E-state index in [1.165, 1.54) is 56.6 Å². The number of thiophene rings is 1. The maximum atomic E-state index is 12.8. The minimum atomic E-state index is -4.19. The van der Waals surface area contributed by atoms with Crippen molar-refractivity contribution in [3.05, 3.63) is 17.3 Å². The molecule has 4 nitrogen and oxygen atoms in total. The number of likely N-dealkylation sites (tertiary alicyclic amines) is 1. The van der Waals surface area contributed by atoms with E-state index in [9.17, 15) is 13.2 Å². The van der Waals surface area contributed by atoms with Crippen molar-refractivity contribution < 1.29 is 13.2 Å². The van der Waals surface area contributed by atoms with Gasteiger partial charge >= 0.3 is 6.18 Å². The summed E-state index contributed by atoms with van der Waals surface area (Å²) in [6.07, 6.45) is 1.46. The Morgan fingerprint density at radius 2 is 1.83 bits per heavy atom.